The first kappa shape index (κ1) is 10.7. The van der Waals surface area contributed by atoms with E-state index < -0.39 is 5.97 Å². The summed E-state index contributed by atoms with van der Waals surface area (Å²) < 4.78 is 7.29. The summed E-state index contributed by atoms with van der Waals surface area (Å²) in [6, 6.07) is 7.26. The summed E-state index contributed by atoms with van der Waals surface area (Å²) in [5.41, 5.74) is 0.911. The Morgan fingerprint density at radius 3 is 2.62 bits per heavy atom. The van der Waals surface area contributed by atoms with Gasteiger partial charge in [0.15, 0.2) is 0 Å². The van der Waals surface area contributed by atoms with Crippen LogP contribution in [0.25, 0.3) is 0 Å². The van der Waals surface area contributed by atoms with E-state index in [0.717, 1.165) is 5.56 Å². The van der Waals surface area contributed by atoms with Gasteiger partial charge in [0.1, 0.15) is 0 Å². The van der Waals surface area contributed by atoms with Crippen molar-refractivity contribution in [3.05, 3.63) is 35.9 Å². The van der Waals surface area contributed by atoms with E-state index in [9.17, 15) is 14.7 Å². The van der Waals surface area contributed by atoms with Crippen LogP contribution in [0.4, 0.5) is 0 Å². The predicted octanol–water partition coefficient (Wildman–Crippen LogP) is 0.223. The van der Waals surface area contributed by atoms with Crippen molar-refractivity contribution >= 4 is 11.9 Å². The van der Waals surface area contributed by atoms with Gasteiger partial charge in [-0.1, -0.05) is 30.3 Å². The van der Waals surface area contributed by atoms with Crippen LogP contribution in [0.2, 0.25) is 0 Å². The topological polar surface area (TPSA) is 69.2 Å². The first-order valence-electron chi connectivity index (χ1n) is 5.60. The van der Waals surface area contributed by atoms with Crippen molar-refractivity contribution in [3.8, 4) is 0 Å². The molecule has 16 heavy (non-hydrogen) atoms. The molecule has 1 amide bonds. The number of carbonyl (C=O) groups is 2. The van der Waals surface area contributed by atoms with Gasteiger partial charge < -0.3 is 15.2 Å². The average molecular weight is 222 g/mol. The van der Waals surface area contributed by atoms with Gasteiger partial charge in [-0.3, -0.25) is 4.79 Å². The molecule has 4 heteroatoms. The molecule has 0 spiro atoms. The first-order chi connectivity index (χ1) is 8.08. The summed E-state index contributed by atoms with van der Waals surface area (Å²) >= 11 is 0. The van der Waals surface area contributed by atoms with Crippen molar-refractivity contribution in [1.29, 1.82) is 0 Å². The van der Waals surface area contributed by atoms with Gasteiger partial charge in [0.2, 0.25) is 5.91 Å². The molecule has 0 atom stereocenters. The Morgan fingerprint density at radius 1 is 1.31 bits per heavy atom. The van der Waals surface area contributed by atoms with E-state index in [4.69, 9.17) is 1.37 Å². The third-order valence-corrected chi connectivity index (χ3v) is 2.06. The predicted molar refractivity (Wildman–Crippen MR) is 57.1 cm³/mol. The van der Waals surface area contributed by atoms with Crippen LogP contribution in [0.3, 0.4) is 0 Å². The summed E-state index contributed by atoms with van der Waals surface area (Å²) in [7, 11) is 0. The van der Waals surface area contributed by atoms with E-state index in [2.05, 4.69) is 5.32 Å². The molecule has 0 aromatic heterocycles. The molecule has 0 saturated heterocycles. The van der Waals surface area contributed by atoms with Gasteiger partial charge in [-0.05, 0) is 18.4 Å². The molecular formula is C12H14NO3-. The Bertz CT molecular complexity index is 389. The maximum atomic E-state index is 11.3. The van der Waals surface area contributed by atoms with Crippen LogP contribution in [0.15, 0.2) is 30.3 Å². The Hall–Kier alpha value is -1.84. The van der Waals surface area contributed by atoms with Crippen LogP contribution in [-0.4, -0.2) is 11.9 Å². The van der Waals surface area contributed by atoms with Gasteiger partial charge in [-0.25, -0.2) is 0 Å². The van der Waals surface area contributed by atoms with Crippen LogP contribution in [0.5, 0.6) is 0 Å². The molecule has 0 bridgehead atoms. The fourth-order valence-electron chi connectivity index (χ4n) is 1.22. The second-order valence-electron chi connectivity index (χ2n) is 3.41. The standard InChI is InChI=1S/C12H15NO3/c14-11(7-4-8-12(15)16)13-9-10-5-2-1-3-6-10/h1-3,5-6H,4,7-9H2,(H,13,14)(H,15,16)/p-1/i1T. The first-order valence-corrected chi connectivity index (χ1v) is 5.10. The smallest absolute Gasteiger partial charge is 0.220 e. The minimum Gasteiger partial charge on any atom is -0.550 e. The van der Waals surface area contributed by atoms with E-state index in [1.165, 1.54) is 0 Å². The van der Waals surface area contributed by atoms with Gasteiger partial charge >= 0.3 is 0 Å². The average Bonchev–Trinajstić information content (AvgIpc) is 2.28. The van der Waals surface area contributed by atoms with Crippen LogP contribution in [-0.2, 0) is 16.1 Å². The lowest BCUT2D eigenvalue weighted by Gasteiger charge is -2.05. The molecule has 1 aromatic rings. The van der Waals surface area contributed by atoms with E-state index in [-0.39, 0.29) is 18.7 Å². The van der Waals surface area contributed by atoms with Crippen molar-refractivity contribution in [2.75, 3.05) is 0 Å². The molecule has 0 heterocycles. The normalized spacial score (nSPS) is 10.6. The third kappa shape index (κ3) is 5.14. The SMILES string of the molecule is [3H]c1ccc(CNC(=O)CCCC(=O)[O-])cc1. The highest BCUT2D eigenvalue weighted by Gasteiger charge is 2.00. The molecule has 1 aromatic carbocycles. The highest BCUT2D eigenvalue weighted by Crippen LogP contribution is 1.99. The van der Waals surface area contributed by atoms with E-state index in [1.807, 2.05) is 0 Å². The third-order valence-electron chi connectivity index (χ3n) is 2.06. The zero-order chi connectivity index (χ0) is 12.7. The van der Waals surface area contributed by atoms with Gasteiger partial charge in [-0.2, -0.15) is 0 Å². The number of nitrogens with one attached hydrogen (secondary N) is 1. The number of carbonyl (C=O) groups excluding carboxylic acids is 2. The Balaban J connectivity index is 2.23. The summed E-state index contributed by atoms with van der Waals surface area (Å²) in [4.78, 5) is 21.4. The molecule has 0 aliphatic carbocycles. The lowest BCUT2D eigenvalue weighted by atomic mass is 10.2. The van der Waals surface area contributed by atoms with Gasteiger partial charge in [0.25, 0.3) is 0 Å². The molecule has 0 saturated carbocycles. The highest BCUT2D eigenvalue weighted by atomic mass is 16.4. The van der Waals surface area contributed by atoms with E-state index in [1.54, 1.807) is 24.3 Å². The zero-order valence-corrected chi connectivity index (χ0v) is 8.86. The fourth-order valence-corrected chi connectivity index (χ4v) is 1.22. The summed E-state index contributed by atoms with van der Waals surface area (Å²) in [5.74, 6) is -1.31. The van der Waals surface area contributed by atoms with Crippen LogP contribution < -0.4 is 10.4 Å². The molecule has 0 unspecified atom stereocenters. The number of hydrogen-bond donors (Lipinski definition) is 1. The number of amides is 1. The zero-order valence-electron chi connectivity index (χ0n) is 9.86. The lowest BCUT2D eigenvalue weighted by molar-refractivity contribution is -0.305. The molecule has 0 fully saturated rings. The Labute approximate surface area is 95.7 Å². The highest BCUT2D eigenvalue weighted by molar-refractivity contribution is 5.76. The van der Waals surface area contributed by atoms with Gasteiger partial charge in [0, 0.05) is 18.9 Å². The largest absolute Gasteiger partial charge is 0.550 e. The summed E-state index contributed by atoms with van der Waals surface area (Å²) in [6.45, 7) is 0.393. The number of carboxylic acid groups (broad SMARTS) is 1. The molecule has 86 valence electrons. The number of benzene rings is 1. The Kier molecular flexibility index (Phi) is 4.41. The molecule has 0 aliphatic heterocycles. The van der Waals surface area contributed by atoms with Crippen LogP contribution >= 0.6 is 0 Å². The van der Waals surface area contributed by atoms with Crippen LogP contribution in [0, 0.1) is 0 Å². The van der Waals surface area contributed by atoms with Crippen molar-refractivity contribution in [3.63, 3.8) is 0 Å². The van der Waals surface area contributed by atoms with Crippen molar-refractivity contribution in [2.24, 2.45) is 0 Å². The number of carboxylic acids is 1. The second kappa shape index (κ2) is 6.61. The quantitative estimate of drug-likeness (QED) is 0.748. The summed E-state index contributed by atoms with van der Waals surface area (Å²) in [6.07, 6.45) is 0.380. The molecule has 0 aliphatic rings. The second-order valence-corrected chi connectivity index (χ2v) is 3.41. The molecule has 0 radical (unpaired) electrons. The van der Waals surface area contributed by atoms with Crippen molar-refractivity contribution in [2.45, 2.75) is 25.8 Å². The number of aliphatic carboxylic acids is 1. The van der Waals surface area contributed by atoms with Crippen molar-refractivity contribution < 1.29 is 16.1 Å². The van der Waals surface area contributed by atoms with E-state index >= 15 is 0 Å². The van der Waals surface area contributed by atoms with Gasteiger partial charge in [-0.15, -0.1) is 0 Å². The number of hydrogen-bond acceptors (Lipinski definition) is 3. The lowest BCUT2D eigenvalue weighted by Crippen LogP contribution is -2.25. The van der Waals surface area contributed by atoms with Crippen molar-refractivity contribution in [1.82, 2.24) is 5.32 Å². The molecular weight excluding hydrogens is 206 g/mol. The maximum absolute atomic E-state index is 11.3. The van der Waals surface area contributed by atoms with E-state index in [0.29, 0.717) is 19.0 Å². The monoisotopic (exact) mass is 222 g/mol. The molecule has 4 nitrogen and oxygen atoms in total. The maximum Gasteiger partial charge on any atom is 0.220 e. The van der Waals surface area contributed by atoms with Crippen LogP contribution in [0.1, 0.15) is 26.2 Å². The summed E-state index contributed by atoms with van der Waals surface area (Å²) in [5, 5.41) is 12.8. The number of rotatable bonds is 6. The minimum absolute atomic E-state index is 0.0963. The Morgan fingerprint density at radius 2 is 2.00 bits per heavy atom. The molecule has 1 N–H and O–H groups in total. The van der Waals surface area contributed by atoms with Gasteiger partial charge in [0.05, 0.1) is 1.37 Å². The minimum atomic E-state index is -1.14. The fraction of sp³-hybridized carbons (Fsp3) is 0.333. The molecule has 1 rings (SSSR count).